The minimum absolute atomic E-state index is 0.203. The number of carbonyl (C=O) groups excluding carboxylic acids is 2. The second-order valence-electron chi connectivity index (χ2n) is 6.99. The van der Waals surface area contributed by atoms with Crippen molar-refractivity contribution in [3.05, 3.63) is 41.7 Å². The molecule has 11 nitrogen and oxygen atoms in total. The van der Waals surface area contributed by atoms with E-state index in [4.69, 9.17) is 23.7 Å². The number of nitrogens with one attached hydrogen (secondary N) is 1. The number of aromatic nitrogens is 3. The van der Waals surface area contributed by atoms with Crippen LogP contribution in [0.25, 0.3) is 5.69 Å². The maximum absolute atomic E-state index is 12.4. The molecule has 1 unspecified atom stereocenters. The number of aldehydes is 1. The summed E-state index contributed by atoms with van der Waals surface area (Å²) in [5.41, 5.74) is 1.34. The Morgan fingerprint density at radius 1 is 1.09 bits per heavy atom. The van der Waals surface area contributed by atoms with Crippen LogP contribution in [-0.2, 0) is 23.7 Å². The highest BCUT2D eigenvalue weighted by atomic mass is 16.6. The van der Waals surface area contributed by atoms with E-state index in [1.165, 1.54) is 10.9 Å². The molecule has 0 fully saturated rings. The maximum atomic E-state index is 12.4. The number of methoxy groups -OCH3 is 2. The van der Waals surface area contributed by atoms with Crippen LogP contribution in [0.2, 0.25) is 0 Å². The van der Waals surface area contributed by atoms with Crippen molar-refractivity contribution in [2.24, 2.45) is 0 Å². The van der Waals surface area contributed by atoms with E-state index in [-0.39, 0.29) is 17.7 Å². The number of rotatable bonds is 18. The topological polar surface area (TPSA) is 123 Å². The van der Waals surface area contributed by atoms with Crippen LogP contribution < -0.4 is 5.32 Å². The van der Waals surface area contributed by atoms with Gasteiger partial charge in [0.2, 0.25) is 0 Å². The highest BCUT2D eigenvalue weighted by molar-refractivity contribution is 5.94. The number of hydrogen-bond donors (Lipinski definition) is 1. The van der Waals surface area contributed by atoms with Gasteiger partial charge in [0.15, 0.2) is 6.29 Å². The summed E-state index contributed by atoms with van der Waals surface area (Å²) >= 11 is 0. The minimum Gasteiger partial charge on any atom is -0.382 e. The van der Waals surface area contributed by atoms with Crippen molar-refractivity contribution in [2.75, 3.05) is 67.0 Å². The van der Waals surface area contributed by atoms with Gasteiger partial charge in [0.25, 0.3) is 5.91 Å². The van der Waals surface area contributed by atoms with E-state index in [1.807, 2.05) is 0 Å². The second-order valence-corrected chi connectivity index (χ2v) is 6.99. The fourth-order valence-electron chi connectivity index (χ4n) is 2.74. The van der Waals surface area contributed by atoms with Gasteiger partial charge in [-0.15, -0.1) is 5.10 Å². The van der Waals surface area contributed by atoms with Gasteiger partial charge in [-0.1, -0.05) is 11.3 Å². The van der Waals surface area contributed by atoms with Gasteiger partial charge in [-0.25, -0.2) is 4.68 Å². The number of hydrogen-bond acceptors (Lipinski definition) is 9. The SMILES string of the molecule is COCCOCC(COCCCNC(=O)c1cccc(-n2cc(C=O)nn2)c1)OCCOC. The Morgan fingerprint density at radius 3 is 2.58 bits per heavy atom. The molecule has 0 saturated carbocycles. The van der Waals surface area contributed by atoms with Crippen molar-refractivity contribution < 1.29 is 33.3 Å². The molecule has 0 spiro atoms. The van der Waals surface area contributed by atoms with Gasteiger partial charge in [-0.2, -0.15) is 0 Å². The third-order valence-corrected chi connectivity index (χ3v) is 4.44. The molecule has 1 aromatic heterocycles. The average molecular weight is 465 g/mol. The van der Waals surface area contributed by atoms with Gasteiger partial charge < -0.3 is 29.0 Å². The molecule has 0 aliphatic heterocycles. The van der Waals surface area contributed by atoms with Crippen LogP contribution in [0.5, 0.6) is 0 Å². The van der Waals surface area contributed by atoms with Crippen molar-refractivity contribution in [1.82, 2.24) is 20.3 Å². The van der Waals surface area contributed by atoms with E-state index in [0.29, 0.717) is 76.8 Å². The van der Waals surface area contributed by atoms with E-state index in [2.05, 4.69) is 15.6 Å². The Labute approximate surface area is 193 Å². The van der Waals surface area contributed by atoms with Gasteiger partial charge in [0.1, 0.15) is 11.8 Å². The van der Waals surface area contributed by atoms with Crippen LogP contribution in [0.15, 0.2) is 30.5 Å². The van der Waals surface area contributed by atoms with Crippen molar-refractivity contribution >= 4 is 12.2 Å². The summed E-state index contributed by atoms with van der Waals surface area (Å²) in [6, 6.07) is 6.91. The molecule has 0 saturated heterocycles. The highest BCUT2D eigenvalue weighted by Gasteiger charge is 2.11. The molecule has 0 aliphatic carbocycles. The molecule has 11 heteroatoms. The molecule has 1 N–H and O–H groups in total. The lowest BCUT2D eigenvalue weighted by atomic mass is 10.2. The molecule has 182 valence electrons. The van der Waals surface area contributed by atoms with Gasteiger partial charge in [0.05, 0.1) is 51.5 Å². The van der Waals surface area contributed by atoms with Crippen LogP contribution in [-0.4, -0.2) is 100 Å². The van der Waals surface area contributed by atoms with Crippen molar-refractivity contribution in [2.45, 2.75) is 12.5 Å². The van der Waals surface area contributed by atoms with Crippen LogP contribution in [0.4, 0.5) is 0 Å². The summed E-state index contributed by atoms with van der Waals surface area (Å²) in [4.78, 5) is 23.2. The zero-order valence-corrected chi connectivity index (χ0v) is 19.1. The number of ether oxygens (including phenoxy) is 5. The lowest BCUT2D eigenvalue weighted by Gasteiger charge is -2.18. The highest BCUT2D eigenvalue weighted by Crippen LogP contribution is 2.10. The monoisotopic (exact) mass is 464 g/mol. The zero-order chi connectivity index (χ0) is 23.7. The average Bonchev–Trinajstić information content (AvgIpc) is 3.33. The summed E-state index contributed by atoms with van der Waals surface area (Å²) in [6.07, 6.45) is 2.55. The molecule has 33 heavy (non-hydrogen) atoms. The summed E-state index contributed by atoms with van der Waals surface area (Å²) in [7, 11) is 3.24. The predicted molar refractivity (Wildman–Crippen MR) is 119 cm³/mol. The maximum Gasteiger partial charge on any atom is 0.251 e. The van der Waals surface area contributed by atoms with E-state index < -0.39 is 0 Å². The third-order valence-electron chi connectivity index (χ3n) is 4.44. The fourth-order valence-corrected chi connectivity index (χ4v) is 2.74. The molecule has 2 rings (SSSR count). The predicted octanol–water partition coefficient (Wildman–Crippen LogP) is 0.911. The smallest absolute Gasteiger partial charge is 0.251 e. The van der Waals surface area contributed by atoms with Gasteiger partial charge >= 0.3 is 0 Å². The zero-order valence-electron chi connectivity index (χ0n) is 19.1. The first-order chi connectivity index (χ1) is 16.2. The van der Waals surface area contributed by atoms with E-state index >= 15 is 0 Å². The summed E-state index contributed by atoms with van der Waals surface area (Å²) in [6.45, 7) is 3.68. The summed E-state index contributed by atoms with van der Waals surface area (Å²) in [5, 5.41) is 10.5. The van der Waals surface area contributed by atoms with E-state index in [9.17, 15) is 9.59 Å². The number of benzene rings is 1. The Bertz CT molecular complexity index is 831. The van der Waals surface area contributed by atoms with E-state index in [0.717, 1.165) is 0 Å². The Balaban J connectivity index is 1.69. The normalized spacial score (nSPS) is 11.9. The lowest BCUT2D eigenvalue weighted by Crippen LogP contribution is -2.29. The molecule has 2 aromatic rings. The first kappa shape index (κ1) is 26.6. The standard InChI is InChI=1S/C22H32N4O7/c1-29-9-11-32-17-21(33-12-10-30-2)16-31-8-4-7-23-22(28)18-5-3-6-20(13-18)26-14-19(15-27)24-25-26/h3,5-6,13-15,21H,4,7-12,16-17H2,1-2H3,(H,23,28). The Hall–Kier alpha value is -2.70. The first-order valence-electron chi connectivity index (χ1n) is 10.7. The lowest BCUT2D eigenvalue weighted by molar-refractivity contribution is -0.0744. The largest absolute Gasteiger partial charge is 0.382 e. The molecule has 1 amide bonds. The Morgan fingerprint density at radius 2 is 1.85 bits per heavy atom. The van der Waals surface area contributed by atoms with Gasteiger partial charge in [-0.3, -0.25) is 9.59 Å². The van der Waals surface area contributed by atoms with Crippen LogP contribution >= 0.6 is 0 Å². The first-order valence-corrected chi connectivity index (χ1v) is 10.7. The Kier molecular flexibility index (Phi) is 12.9. The van der Waals surface area contributed by atoms with Crippen LogP contribution in [0.1, 0.15) is 27.3 Å². The number of amides is 1. The second kappa shape index (κ2) is 16.0. The number of carbonyl (C=O) groups is 2. The van der Waals surface area contributed by atoms with Gasteiger partial charge in [0, 0.05) is 32.9 Å². The van der Waals surface area contributed by atoms with Crippen molar-refractivity contribution in [3.63, 3.8) is 0 Å². The molecule has 0 bridgehead atoms. The van der Waals surface area contributed by atoms with Gasteiger partial charge in [-0.05, 0) is 24.6 Å². The molecular formula is C22H32N4O7. The number of nitrogens with zero attached hydrogens (tertiary/aromatic N) is 3. The summed E-state index contributed by atoms with van der Waals surface area (Å²) < 4.78 is 28.3. The molecular weight excluding hydrogens is 432 g/mol. The fraction of sp³-hybridized carbons (Fsp3) is 0.545. The van der Waals surface area contributed by atoms with Crippen LogP contribution in [0, 0.1) is 0 Å². The van der Waals surface area contributed by atoms with Crippen molar-refractivity contribution in [3.8, 4) is 5.69 Å². The third kappa shape index (κ3) is 10.2. The molecule has 0 radical (unpaired) electrons. The molecule has 0 aliphatic rings. The molecule has 1 atom stereocenters. The minimum atomic E-state index is -0.208. The van der Waals surface area contributed by atoms with Crippen LogP contribution in [0.3, 0.4) is 0 Å². The van der Waals surface area contributed by atoms with E-state index in [1.54, 1.807) is 38.5 Å². The molecule has 1 heterocycles. The quantitative estimate of drug-likeness (QED) is 0.253. The summed E-state index contributed by atoms with van der Waals surface area (Å²) in [5.74, 6) is -0.208. The van der Waals surface area contributed by atoms with Crippen molar-refractivity contribution in [1.29, 1.82) is 0 Å². The molecule has 1 aromatic carbocycles.